The summed E-state index contributed by atoms with van der Waals surface area (Å²) >= 11 is 0. The van der Waals surface area contributed by atoms with Crippen molar-refractivity contribution < 1.29 is 4.92 Å². The summed E-state index contributed by atoms with van der Waals surface area (Å²) in [4.78, 5) is 10.4. The van der Waals surface area contributed by atoms with Gasteiger partial charge in [0.15, 0.2) is 0 Å². The van der Waals surface area contributed by atoms with Crippen LogP contribution in [0, 0.1) is 10.1 Å². The maximum Gasteiger partial charge on any atom is 0.269 e. The second-order valence-corrected chi connectivity index (χ2v) is 5.41. The maximum atomic E-state index is 10.7. The van der Waals surface area contributed by atoms with Crippen molar-refractivity contribution in [2.24, 2.45) is 0 Å². The molecule has 112 valence electrons. The van der Waals surface area contributed by atoms with E-state index in [9.17, 15) is 10.1 Å². The molecule has 0 saturated heterocycles. The standard InChI is InChI=1S/C16H26N2O2/c1-3-4-5-6-7-9-14(2)17-13-15-10-8-11-16(12-15)18(19)20/h8,10-12,14,17H,3-7,9,13H2,1-2H3. The number of nitrogens with one attached hydrogen (secondary N) is 1. The summed E-state index contributed by atoms with van der Waals surface area (Å²) in [6.45, 7) is 5.10. The molecule has 0 fully saturated rings. The van der Waals surface area contributed by atoms with Gasteiger partial charge in [0, 0.05) is 24.7 Å². The van der Waals surface area contributed by atoms with Gasteiger partial charge in [0.05, 0.1) is 4.92 Å². The minimum atomic E-state index is -0.347. The molecule has 1 aromatic carbocycles. The number of non-ortho nitro benzene ring substituents is 1. The third-order valence-electron chi connectivity index (χ3n) is 3.52. The number of rotatable bonds is 10. The van der Waals surface area contributed by atoms with Crippen LogP contribution in [-0.2, 0) is 6.54 Å². The van der Waals surface area contributed by atoms with Crippen molar-refractivity contribution in [1.82, 2.24) is 5.32 Å². The van der Waals surface area contributed by atoms with E-state index < -0.39 is 0 Å². The average Bonchev–Trinajstić information content (AvgIpc) is 2.45. The van der Waals surface area contributed by atoms with E-state index in [-0.39, 0.29) is 10.6 Å². The lowest BCUT2D eigenvalue weighted by Crippen LogP contribution is -2.25. The van der Waals surface area contributed by atoms with Gasteiger partial charge in [-0.15, -0.1) is 0 Å². The van der Waals surface area contributed by atoms with Crippen LogP contribution in [0.3, 0.4) is 0 Å². The quantitative estimate of drug-likeness (QED) is 0.391. The topological polar surface area (TPSA) is 55.2 Å². The van der Waals surface area contributed by atoms with E-state index >= 15 is 0 Å². The van der Waals surface area contributed by atoms with Crippen LogP contribution in [0.4, 0.5) is 5.69 Å². The molecule has 0 spiro atoms. The Morgan fingerprint density at radius 3 is 2.70 bits per heavy atom. The zero-order valence-electron chi connectivity index (χ0n) is 12.6. The first-order chi connectivity index (χ1) is 9.63. The number of hydrogen-bond donors (Lipinski definition) is 1. The molecule has 0 radical (unpaired) electrons. The van der Waals surface area contributed by atoms with Crippen LogP contribution < -0.4 is 5.32 Å². The second kappa shape index (κ2) is 9.48. The van der Waals surface area contributed by atoms with E-state index in [4.69, 9.17) is 0 Å². The fraction of sp³-hybridized carbons (Fsp3) is 0.625. The van der Waals surface area contributed by atoms with Crippen LogP contribution >= 0.6 is 0 Å². The summed E-state index contributed by atoms with van der Waals surface area (Å²) in [6, 6.07) is 7.29. The third-order valence-corrected chi connectivity index (χ3v) is 3.52. The molecule has 4 heteroatoms. The Morgan fingerprint density at radius 2 is 2.00 bits per heavy atom. The lowest BCUT2D eigenvalue weighted by molar-refractivity contribution is -0.384. The van der Waals surface area contributed by atoms with Gasteiger partial charge in [-0.05, 0) is 18.9 Å². The largest absolute Gasteiger partial charge is 0.310 e. The highest BCUT2D eigenvalue weighted by atomic mass is 16.6. The van der Waals surface area contributed by atoms with E-state index in [0.29, 0.717) is 12.6 Å². The number of nitro benzene ring substituents is 1. The monoisotopic (exact) mass is 278 g/mol. The van der Waals surface area contributed by atoms with Gasteiger partial charge in [0.2, 0.25) is 0 Å². The van der Waals surface area contributed by atoms with Crippen LogP contribution in [0.5, 0.6) is 0 Å². The lowest BCUT2D eigenvalue weighted by Gasteiger charge is -2.13. The van der Waals surface area contributed by atoms with Crippen LogP contribution in [-0.4, -0.2) is 11.0 Å². The van der Waals surface area contributed by atoms with Gasteiger partial charge in [0.25, 0.3) is 5.69 Å². The summed E-state index contributed by atoms with van der Waals surface area (Å²) in [5.74, 6) is 0. The van der Waals surface area contributed by atoms with E-state index in [0.717, 1.165) is 5.56 Å². The number of nitro groups is 1. The van der Waals surface area contributed by atoms with Gasteiger partial charge in [-0.2, -0.15) is 0 Å². The molecule has 0 aromatic heterocycles. The first-order valence-corrected chi connectivity index (χ1v) is 7.60. The molecule has 0 aliphatic carbocycles. The van der Waals surface area contributed by atoms with Crippen molar-refractivity contribution in [2.75, 3.05) is 0 Å². The summed E-state index contributed by atoms with van der Waals surface area (Å²) < 4.78 is 0. The van der Waals surface area contributed by atoms with Crippen molar-refractivity contribution >= 4 is 5.69 Å². The van der Waals surface area contributed by atoms with Crippen LogP contribution in [0.1, 0.15) is 57.9 Å². The second-order valence-electron chi connectivity index (χ2n) is 5.41. The summed E-state index contributed by atoms with van der Waals surface area (Å²) in [5, 5.41) is 14.1. The fourth-order valence-electron chi connectivity index (χ4n) is 2.23. The van der Waals surface area contributed by atoms with Gasteiger partial charge >= 0.3 is 0 Å². The molecule has 0 aliphatic rings. The zero-order valence-corrected chi connectivity index (χ0v) is 12.6. The highest BCUT2D eigenvalue weighted by molar-refractivity contribution is 5.34. The van der Waals surface area contributed by atoms with Gasteiger partial charge in [0.1, 0.15) is 0 Å². The highest BCUT2D eigenvalue weighted by Gasteiger charge is 2.06. The fourth-order valence-corrected chi connectivity index (χ4v) is 2.23. The molecule has 1 N–H and O–H groups in total. The number of benzene rings is 1. The Labute approximate surface area is 121 Å². The normalized spacial score (nSPS) is 12.3. The molecule has 0 heterocycles. The predicted octanol–water partition coefficient (Wildman–Crippen LogP) is 4.43. The summed E-state index contributed by atoms with van der Waals surface area (Å²) in [7, 11) is 0. The molecule has 20 heavy (non-hydrogen) atoms. The molecule has 0 saturated carbocycles. The Bertz CT molecular complexity index is 407. The molecule has 4 nitrogen and oxygen atoms in total. The van der Waals surface area contributed by atoms with Gasteiger partial charge < -0.3 is 5.32 Å². The highest BCUT2D eigenvalue weighted by Crippen LogP contribution is 2.13. The van der Waals surface area contributed by atoms with Gasteiger partial charge in [-0.25, -0.2) is 0 Å². The summed E-state index contributed by atoms with van der Waals surface area (Å²) in [6.07, 6.45) is 7.66. The minimum absolute atomic E-state index is 0.163. The van der Waals surface area contributed by atoms with E-state index in [1.807, 2.05) is 6.07 Å². The Kier molecular flexibility index (Phi) is 7.88. The van der Waals surface area contributed by atoms with Crippen LogP contribution in [0.15, 0.2) is 24.3 Å². The van der Waals surface area contributed by atoms with E-state index in [1.165, 1.54) is 44.6 Å². The van der Waals surface area contributed by atoms with Crippen molar-refractivity contribution in [2.45, 2.75) is 65.0 Å². The molecule has 1 rings (SSSR count). The van der Waals surface area contributed by atoms with Crippen LogP contribution in [0.25, 0.3) is 0 Å². The molecule has 0 amide bonds. The first kappa shape index (κ1) is 16.6. The number of nitrogens with zero attached hydrogens (tertiary/aromatic N) is 1. The van der Waals surface area contributed by atoms with E-state index in [1.54, 1.807) is 12.1 Å². The smallest absolute Gasteiger partial charge is 0.269 e. The molecule has 1 aromatic rings. The summed E-state index contributed by atoms with van der Waals surface area (Å²) in [5.41, 5.74) is 1.13. The molecular weight excluding hydrogens is 252 g/mol. The Hall–Kier alpha value is -1.42. The number of unbranched alkanes of at least 4 members (excludes halogenated alkanes) is 4. The zero-order chi connectivity index (χ0) is 14.8. The third kappa shape index (κ3) is 6.66. The predicted molar refractivity (Wildman–Crippen MR) is 82.8 cm³/mol. The molecular formula is C16H26N2O2. The average molecular weight is 278 g/mol. The lowest BCUT2D eigenvalue weighted by atomic mass is 10.1. The van der Waals surface area contributed by atoms with Crippen molar-refractivity contribution in [3.8, 4) is 0 Å². The molecule has 0 bridgehead atoms. The van der Waals surface area contributed by atoms with Crippen molar-refractivity contribution in [3.63, 3.8) is 0 Å². The molecule has 1 atom stereocenters. The first-order valence-electron chi connectivity index (χ1n) is 7.60. The van der Waals surface area contributed by atoms with E-state index in [2.05, 4.69) is 19.2 Å². The SMILES string of the molecule is CCCCCCCC(C)NCc1cccc([N+](=O)[O-])c1. The van der Waals surface area contributed by atoms with Gasteiger partial charge in [-0.3, -0.25) is 10.1 Å². The van der Waals surface area contributed by atoms with Crippen molar-refractivity contribution in [3.05, 3.63) is 39.9 Å². The molecule has 1 unspecified atom stereocenters. The minimum Gasteiger partial charge on any atom is -0.310 e. The maximum absolute atomic E-state index is 10.7. The van der Waals surface area contributed by atoms with Crippen LogP contribution in [0.2, 0.25) is 0 Å². The van der Waals surface area contributed by atoms with Crippen molar-refractivity contribution in [1.29, 1.82) is 0 Å². The number of hydrogen-bond acceptors (Lipinski definition) is 3. The Balaban J connectivity index is 2.25. The Morgan fingerprint density at radius 1 is 1.25 bits per heavy atom. The molecule has 0 aliphatic heterocycles. The van der Waals surface area contributed by atoms with Gasteiger partial charge in [-0.1, -0.05) is 51.2 Å².